The lowest BCUT2D eigenvalue weighted by atomic mass is 10.1. The first kappa shape index (κ1) is 20.2. The second kappa shape index (κ2) is 8.65. The highest BCUT2D eigenvalue weighted by atomic mass is 32.1. The summed E-state index contributed by atoms with van der Waals surface area (Å²) >= 11 is 1.72. The van der Waals surface area contributed by atoms with Crippen molar-refractivity contribution in [3.63, 3.8) is 0 Å². The number of benzene rings is 1. The van der Waals surface area contributed by atoms with Crippen molar-refractivity contribution in [3.8, 4) is 21.9 Å². The molecule has 2 amide bonds. The predicted octanol–water partition coefficient (Wildman–Crippen LogP) is 3.37. The molecular formula is C21H26N2O4S. The molecule has 0 saturated heterocycles. The number of carbonyl (C=O) groups excluding carboxylic acids is 2. The zero-order valence-electron chi connectivity index (χ0n) is 16.7. The van der Waals surface area contributed by atoms with Crippen molar-refractivity contribution in [3.05, 3.63) is 34.7 Å². The summed E-state index contributed by atoms with van der Waals surface area (Å²) in [5.41, 5.74) is 1.98. The molecule has 7 heteroatoms. The Bertz CT molecular complexity index is 877. The Morgan fingerprint density at radius 3 is 2.79 bits per heavy atom. The molecule has 1 aliphatic heterocycles. The third kappa shape index (κ3) is 4.65. The zero-order chi connectivity index (χ0) is 20.3. The summed E-state index contributed by atoms with van der Waals surface area (Å²) in [6.45, 7) is 6.72. The van der Waals surface area contributed by atoms with Crippen molar-refractivity contribution in [2.24, 2.45) is 0 Å². The van der Waals surface area contributed by atoms with Crippen LogP contribution in [0.1, 0.15) is 30.7 Å². The van der Waals surface area contributed by atoms with E-state index in [4.69, 9.17) is 9.47 Å². The van der Waals surface area contributed by atoms with Crippen LogP contribution in [0, 0.1) is 6.92 Å². The van der Waals surface area contributed by atoms with Gasteiger partial charge in [-0.1, -0.05) is 0 Å². The molecule has 0 aliphatic carbocycles. The van der Waals surface area contributed by atoms with Crippen LogP contribution in [0.5, 0.6) is 11.5 Å². The molecule has 0 spiro atoms. The van der Waals surface area contributed by atoms with Crippen LogP contribution in [0.2, 0.25) is 0 Å². The Morgan fingerprint density at radius 2 is 2.14 bits per heavy atom. The summed E-state index contributed by atoms with van der Waals surface area (Å²) in [7, 11) is 1.63. The molecule has 0 fully saturated rings. The molecule has 150 valence electrons. The molecular weight excluding hydrogens is 376 g/mol. The molecule has 6 nitrogen and oxygen atoms in total. The van der Waals surface area contributed by atoms with E-state index in [9.17, 15) is 9.59 Å². The number of thiophene rings is 1. The maximum atomic E-state index is 12.8. The number of fused-ring (bicyclic) bond motifs is 1. The lowest BCUT2D eigenvalue weighted by Crippen LogP contribution is -2.39. The molecule has 1 aromatic carbocycles. The molecule has 28 heavy (non-hydrogen) atoms. The number of rotatable bonds is 5. The molecule has 1 N–H and O–H groups in total. The summed E-state index contributed by atoms with van der Waals surface area (Å²) < 4.78 is 11.5. The van der Waals surface area contributed by atoms with Gasteiger partial charge in [0, 0.05) is 41.2 Å². The Hall–Kier alpha value is -2.54. The minimum Gasteiger partial charge on any atom is -0.493 e. The van der Waals surface area contributed by atoms with Crippen LogP contribution >= 0.6 is 11.3 Å². The van der Waals surface area contributed by atoms with Crippen LogP contribution in [-0.2, 0) is 16.1 Å². The first-order valence-electron chi connectivity index (χ1n) is 9.32. The van der Waals surface area contributed by atoms with Gasteiger partial charge in [-0.2, -0.15) is 0 Å². The normalized spacial score (nSPS) is 14.5. The van der Waals surface area contributed by atoms with Crippen LogP contribution in [0.4, 0.5) is 0 Å². The molecule has 3 rings (SSSR count). The standard InChI is InChI=1S/C21H26N2O4S/c1-13(22-15(3)24)9-20(25)23-7-8-27-21-17(12-23)10-16(11-18(21)26-4)19-6-5-14(2)28-19/h5-6,10-11,13H,7-9,12H2,1-4H3,(H,22,24). The minimum absolute atomic E-state index is 0.00552. The van der Waals surface area contributed by atoms with Gasteiger partial charge < -0.3 is 19.7 Å². The zero-order valence-corrected chi connectivity index (χ0v) is 17.5. The Kier molecular flexibility index (Phi) is 6.24. The third-order valence-corrected chi connectivity index (χ3v) is 5.68. The van der Waals surface area contributed by atoms with E-state index in [0.717, 1.165) is 16.0 Å². The number of nitrogens with one attached hydrogen (secondary N) is 1. The van der Waals surface area contributed by atoms with Crippen molar-refractivity contribution < 1.29 is 19.1 Å². The van der Waals surface area contributed by atoms with E-state index in [-0.39, 0.29) is 24.3 Å². The van der Waals surface area contributed by atoms with Gasteiger partial charge >= 0.3 is 0 Å². The van der Waals surface area contributed by atoms with Gasteiger partial charge in [-0.05, 0) is 43.7 Å². The molecule has 1 aliphatic rings. The first-order chi connectivity index (χ1) is 13.4. The summed E-state index contributed by atoms with van der Waals surface area (Å²) in [4.78, 5) is 28.1. The van der Waals surface area contributed by atoms with Crippen LogP contribution in [0.25, 0.3) is 10.4 Å². The average molecular weight is 403 g/mol. The molecule has 0 saturated carbocycles. The van der Waals surface area contributed by atoms with Gasteiger partial charge in [0.05, 0.1) is 13.7 Å². The fourth-order valence-corrected chi connectivity index (χ4v) is 4.22. The SMILES string of the molecule is COc1cc(-c2ccc(C)s2)cc2c1OCCN(C(=O)CC(C)NC(C)=O)C2. The number of hydrogen-bond acceptors (Lipinski definition) is 5. The van der Waals surface area contributed by atoms with E-state index in [2.05, 4.69) is 30.4 Å². The lowest BCUT2D eigenvalue weighted by Gasteiger charge is -2.22. The number of hydrogen-bond donors (Lipinski definition) is 1. The number of aryl methyl sites for hydroxylation is 1. The van der Waals surface area contributed by atoms with Gasteiger partial charge in [-0.25, -0.2) is 0 Å². The predicted molar refractivity (Wildman–Crippen MR) is 110 cm³/mol. The topological polar surface area (TPSA) is 67.9 Å². The fraction of sp³-hybridized carbons (Fsp3) is 0.429. The van der Waals surface area contributed by atoms with Crippen LogP contribution in [0.15, 0.2) is 24.3 Å². The van der Waals surface area contributed by atoms with E-state index >= 15 is 0 Å². The molecule has 1 unspecified atom stereocenters. The molecule has 0 bridgehead atoms. The van der Waals surface area contributed by atoms with Gasteiger partial charge in [0.15, 0.2) is 11.5 Å². The molecule has 1 aromatic heterocycles. The highest BCUT2D eigenvalue weighted by Gasteiger charge is 2.24. The van der Waals surface area contributed by atoms with Crippen molar-refractivity contribution in [2.45, 2.75) is 39.8 Å². The van der Waals surface area contributed by atoms with Crippen molar-refractivity contribution in [1.29, 1.82) is 0 Å². The first-order valence-corrected chi connectivity index (χ1v) is 10.1. The van der Waals surface area contributed by atoms with Crippen LogP contribution < -0.4 is 14.8 Å². The number of ether oxygens (including phenoxy) is 2. The van der Waals surface area contributed by atoms with Crippen LogP contribution in [-0.4, -0.2) is 43.0 Å². The molecule has 1 atom stereocenters. The molecule has 2 heterocycles. The molecule has 2 aromatic rings. The summed E-state index contributed by atoms with van der Waals surface area (Å²) in [5, 5.41) is 2.76. The van der Waals surface area contributed by atoms with E-state index < -0.39 is 0 Å². The fourth-order valence-electron chi connectivity index (χ4n) is 3.37. The highest BCUT2D eigenvalue weighted by molar-refractivity contribution is 7.15. The quantitative estimate of drug-likeness (QED) is 0.833. The largest absolute Gasteiger partial charge is 0.493 e. The summed E-state index contributed by atoms with van der Waals surface area (Å²) in [5.74, 6) is 1.24. The van der Waals surface area contributed by atoms with Crippen molar-refractivity contribution in [1.82, 2.24) is 10.2 Å². The number of carbonyl (C=O) groups is 2. The summed E-state index contributed by atoms with van der Waals surface area (Å²) in [6.07, 6.45) is 0.260. The van der Waals surface area contributed by atoms with E-state index in [1.54, 1.807) is 23.3 Å². The van der Waals surface area contributed by atoms with E-state index in [1.807, 2.05) is 13.0 Å². The van der Waals surface area contributed by atoms with Gasteiger partial charge in [0.1, 0.15) is 6.61 Å². The van der Waals surface area contributed by atoms with Gasteiger partial charge in [0.2, 0.25) is 11.8 Å². The average Bonchev–Trinajstić information content (AvgIpc) is 2.95. The Balaban J connectivity index is 1.86. The van der Waals surface area contributed by atoms with Gasteiger partial charge in [-0.3, -0.25) is 9.59 Å². The Labute approximate surface area is 169 Å². The van der Waals surface area contributed by atoms with E-state index in [1.165, 1.54) is 11.8 Å². The van der Waals surface area contributed by atoms with Crippen LogP contribution in [0.3, 0.4) is 0 Å². The monoisotopic (exact) mass is 402 g/mol. The minimum atomic E-state index is -0.205. The van der Waals surface area contributed by atoms with Crippen molar-refractivity contribution in [2.75, 3.05) is 20.3 Å². The summed E-state index contributed by atoms with van der Waals surface area (Å²) in [6, 6.07) is 8.04. The smallest absolute Gasteiger partial charge is 0.225 e. The van der Waals surface area contributed by atoms with Gasteiger partial charge in [-0.15, -0.1) is 11.3 Å². The van der Waals surface area contributed by atoms with E-state index in [0.29, 0.717) is 31.2 Å². The highest BCUT2D eigenvalue weighted by Crippen LogP contribution is 2.40. The maximum absolute atomic E-state index is 12.8. The van der Waals surface area contributed by atoms with Crippen molar-refractivity contribution >= 4 is 23.2 Å². The third-order valence-electron chi connectivity index (χ3n) is 4.63. The maximum Gasteiger partial charge on any atom is 0.225 e. The number of amides is 2. The number of nitrogens with zero attached hydrogens (tertiary/aromatic N) is 1. The number of methoxy groups -OCH3 is 1. The second-order valence-corrected chi connectivity index (χ2v) is 8.33. The Morgan fingerprint density at radius 1 is 1.36 bits per heavy atom. The molecule has 0 radical (unpaired) electrons. The van der Waals surface area contributed by atoms with Gasteiger partial charge in [0.25, 0.3) is 0 Å². The lowest BCUT2D eigenvalue weighted by molar-refractivity contribution is -0.132. The second-order valence-electron chi connectivity index (χ2n) is 7.05.